The molecule has 18 heavy (non-hydrogen) atoms. The molecule has 0 fully saturated rings. The summed E-state index contributed by atoms with van der Waals surface area (Å²) in [6, 6.07) is 7.37. The summed E-state index contributed by atoms with van der Waals surface area (Å²) in [4.78, 5) is 11.4. The van der Waals surface area contributed by atoms with Gasteiger partial charge in [0, 0.05) is 24.5 Å². The SMILES string of the molecule is CNC(=O)C(C)NCc1c(Cl)oc2ccccc12. The highest BCUT2D eigenvalue weighted by Gasteiger charge is 2.15. The van der Waals surface area contributed by atoms with Crippen LogP contribution in [-0.2, 0) is 11.3 Å². The van der Waals surface area contributed by atoms with Crippen molar-refractivity contribution in [3.05, 3.63) is 35.0 Å². The summed E-state index contributed by atoms with van der Waals surface area (Å²) in [7, 11) is 1.61. The number of nitrogens with one attached hydrogen (secondary N) is 2. The molecule has 1 unspecified atom stereocenters. The Hall–Kier alpha value is -1.52. The van der Waals surface area contributed by atoms with Gasteiger partial charge in [-0.15, -0.1) is 0 Å². The lowest BCUT2D eigenvalue weighted by Crippen LogP contribution is -2.40. The lowest BCUT2D eigenvalue weighted by Gasteiger charge is -2.11. The molecule has 0 saturated heterocycles. The van der Waals surface area contributed by atoms with Crippen LogP contribution in [0, 0.1) is 0 Å². The minimum atomic E-state index is -0.278. The first-order valence-electron chi connectivity index (χ1n) is 5.74. The third kappa shape index (κ3) is 2.49. The Kier molecular flexibility index (Phi) is 3.89. The molecule has 2 rings (SSSR count). The molecular weight excluding hydrogens is 252 g/mol. The average molecular weight is 267 g/mol. The first-order chi connectivity index (χ1) is 8.63. The van der Waals surface area contributed by atoms with Gasteiger partial charge in [0.2, 0.25) is 5.91 Å². The zero-order valence-electron chi connectivity index (χ0n) is 10.3. The van der Waals surface area contributed by atoms with Crippen molar-refractivity contribution in [3.63, 3.8) is 0 Å². The summed E-state index contributed by atoms with van der Waals surface area (Å²) in [5.74, 6) is -0.0566. The zero-order valence-corrected chi connectivity index (χ0v) is 11.0. The fraction of sp³-hybridized carbons (Fsp3) is 0.308. The Morgan fingerprint density at radius 2 is 2.17 bits per heavy atom. The number of carbonyl (C=O) groups excluding carboxylic acids is 1. The van der Waals surface area contributed by atoms with E-state index in [4.69, 9.17) is 16.0 Å². The molecule has 0 aliphatic heterocycles. The summed E-state index contributed by atoms with van der Waals surface area (Å²) >= 11 is 6.06. The van der Waals surface area contributed by atoms with E-state index < -0.39 is 0 Å². The number of hydrogen-bond donors (Lipinski definition) is 2. The number of fused-ring (bicyclic) bond motifs is 1. The summed E-state index contributed by atoms with van der Waals surface area (Å²) in [6.07, 6.45) is 0. The second-order valence-corrected chi connectivity index (χ2v) is 4.41. The Morgan fingerprint density at radius 3 is 2.89 bits per heavy atom. The van der Waals surface area contributed by atoms with Gasteiger partial charge in [-0.05, 0) is 24.6 Å². The van der Waals surface area contributed by atoms with Gasteiger partial charge in [-0.1, -0.05) is 18.2 Å². The number of benzene rings is 1. The van der Waals surface area contributed by atoms with Crippen LogP contribution in [0.3, 0.4) is 0 Å². The second-order valence-electron chi connectivity index (χ2n) is 4.07. The molecule has 4 nitrogen and oxygen atoms in total. The quantitative estimate of drug-likeness (QED) is 0.893. The van der Waals surface area contributed by atoms with Crippen LogP contribution in [0.1, 0.15) is 12.5 Å². The van der Waals surface area contributed by atoms with Crippen molar-refractivity contribution in [1.29, 1.82) is 0 Å². The molecule has 96 valence electrons. The van der Waals surface area contributed by atoms with E-state index >= 15 is 0 Å². The minimum Gasteiger partial charge on any atom is -0.444 e. The molecule has 5 heteroatoms. The number of likely N-dealkylation sites (N-methyl/N-ethyl adjacent to an activating group) is 1. The molecular formula is C13H15ClN2O2. The molecule has 1 amide bonds. The summed E-state index contributed by atoms with van der Waals surface area (Å²) in [6.45, 7) is 2.29. The summed E-state index contributed by atoms with van der Waals surface area (Å²) in [5.41, 5.74) is 1.63. The van der Waals surface area contributed by atoms with Crippen LogP contribution in [0.25, 0.3) is 11.0 Å². The number of halogens is 1. The van der Waals surface area contributed by atoms with Crippen molar-refractivity contribution < 1.29 is 9.21 Å². The third-order valence-corrected chi connectivity index (χ3v) is 3.18. The highest BCUT2D eigenvalue weighted by molar-refractivity contribution is 6.30. The van der Waals surface area contributed by atoms with Gasteiger partial charge in [0.1, 0.15) is 5.58 Å². The predicted octanol–water partition coefficient (Wildman–Crippen LogP) is 2.31. The average Bonchev–Trinajstić information content (AvgIpc) is 2.70. The Bertz CT molecular complexity index is 565. The van der Waals surface area contributed by atoms with E-state index in [1.54, 1.807) is 14.0 Å². The predicted molar refractivity (Wildman–Crippen MR) is 71.6 cm³/mol. The molecule has 1 atom stereocenters. The monoisotopic (exact) mass is 266 g/mol. The van der Waals surface area contributed by atoms with Crippen LogP contribution >= 0.6 is 11.6 Å². The first kappa shape index (κ1) is 12.9. The van der Waals surface area contributed by atoms with Gasteiger partial charge in [0.05, 0.1) is 6.04 Å². The van der Waals surface area contributed by atoms with Crippen molar-refractivity contribution in [2.24, 2.45) is 0 Å². The highest BCUT2D eigenvalue weighted by Crippen LogP contribution is 2.29. The van der Waals surface area contributed by atoms with Gasteiger partial charge >= 0.3 is 0 Å². The van der Waals surface area contributed by atoms with Crippen molar-refractivity contribution in [2.75, 3.05) is 7.05 Å². The molecule has 1 heterocycles. The Labute approximate surface area is 110 Å². The molecule has 1 aromatic heterocycles. The molecule has 0 aliphatic rings. The van der Waals surface area contributed by atoms with Crippen LogP contribution in [-0.4, -0.2) is 19.0 Å². The van der Waals surface area contributed by atoms with Crippen molar-refractivity contribution >= 4 is 28.5 Å². The van der Waals surface area contributed by atoms with Crippen molar-refractivity contribution in [2.45, 2.75) is 19.5 Å². The molecule has 0 bridgehead atoms. The second kappa shape index (κ2) is 5.42. The van der Waals surface area contributed by atoms with Crippen LogP contribution in [0.4, 0.5) is 0 Å². The van der Waals surface area contributed by atoms with Gasteiger partial charge in [0.15, 0.2) is 5.22 Å². The maximum Gasteiger partial charge on any atom is 0.236 e. The van der Waals surface area contributed by atoms with E-state index in [1.807, 2.05) is 24.3 Å². The lowest BCUT2D eigenvalue weighted by molar-refractivity contribution is -0.122. The molecule has 0 spiro atoms. The minimum absolute atomic E-state index is 0.0566. The van der Waals surface area contributed by atoms with Crippen LogP contribution in [0.2, 0.25) is 5.22 Å². The smallest absolute Gasteiger partial charge is 0.236 e. The van der Waals surface area contributed by atoms with Crippen molar-refractivity contribution in [1.82, 2.24) is 10.6 Å². The number of carbonyl (C=O) groups is 1. The topological polar surface area (TPSA) is 54.3 Å². The first-order valence-corrected chi connectivity index (χ1v) is 6.12. The van der Waals surface area contributed by atoms with E-state index in [0.717, 1.165) is 16.5 Å². The standard InChI is InChI=1S/C13H15ClN2O2/c1-8(13(17)15-2)16-7-10-9-5-3-4-6-11(9)18-12(10)14/h3-6,8,16H,7H2,1-2H3,(H,15,17). The molecule has 1 aromatic carbocycles. The zero-order chi connectivity index (χ0) is 13.1. The van der Waals surface area contributed by atoms with Crippen LogP contribution in [0.5, 0.6) is 0 Å². The maximum atomic E-state index is 11.4. The van der Waals surface area contributed by atoms with E-state index in [0.29, 0.717) is 11.8 Å². The summed E-state index contributed by atoms with van der Waals surface area (Å²) < 4.78 is 5.44. The fourth-order valence-corrected chi connectivity index (χ4v) is 2.05. The number of hydrogen-bond acceptors (Lipinski definition) is 3. The van der Waals surface area contributed by atoms with Gasteiger partial charge in [-0.25, -0.2) is 0 Å². The molecule has 2 aromatic rings. The number of rotatable bonds is 4. The summed E-state index contributed by atoms with van der Waals surface area (Å²) in [5, 5.41) is 7.04. The largest absolute Gasteiger partial charge is 0.444 e. The number of para-hydroxylation sites is 1. The number of amides is 1. The third-order valence-electron chi connectivity index (χ3n) is 2.87. The van der Waals surface area contributed by atoms with Crippen LogP contribution in [0.15, 0.2) is 28.7 Å². The normalized spacial score (nSPS) is 12.6. The van der Waals surface area contributed by atoms with Gasteiger partial charge in [0.25, 0.3) is 0 Å². The van der Waals surface area contributed by atoms with E-state index in [2.05, 4.69) is 10.6 Å². The van der Waals surface area contributed by atoms with Gasteiger partial charge in [-0.3, -0.25) is 4.79 Å². The molecule has 0 aliphatic carbocycles. The van der Waals surface area contributed by atoms with Crippen molar-refractivity contribution in [3.8, 4) is 0 Å². The van der Waals surface area contributed by atoms with Gasteiger partial charge < -0.3 is 15.1 Å². The highest BCUT2D eigenvalue weighted by atomic mass is 35.5. The van der Waals surface area contributed by atoms with E-state index in [1.165, 1.54) is 0 Å². The maximum absolute atomic E-state index is 11.4. The molecule has 0 radical (unpaired) electrons. The van der Waals surface area contributed by atoms with Gasteiger partial charge in [-0.2, -0.15) is 0 Å². The Balaban J connectivity index is 2.17. The molecule has 0 saturated carbocycles. The fourth-order valence-electron chi connectivity index (χ4n) is 1.80. The molecule has 2 N–H and O–H groups in total. The van der Waals surface area contributed by atoms with Crippen LogP contribution < -0.4 is 10.6 Å². The van der Waals surface area contributed by atoms with E-state index in [9.17, 15) is 4.79 Å². The van der Waals surface area contributed by atoms with E-state index in [-0.39, 0.29) is 11.9 Å². The number of furan rings is 1. The lowest BCUT2D eigenvalue weighted by atomic mass is 10.1. The Morgan fingerprint density at radius 1 is 1.44 bits per heavy atom.